The molecular weight excluding hydrogens is 478 g/mol. The van der Waals surface area contributed by atoms with Gasteiger partial charge in [0.1, 0.15) is 12.2 Å². The van der Waals surface area contributed by atoms with Gasteiger partial charge in [-0.25, -0.2) is 13.2 Å². The molecule has 4 rings (SSSR count). The van der Waals surface area contributed by atoms with Crippen LogP contribution in [0.5, 0.6) is 0 Å². The number of ether oxygens (including phenoxy) is 1. The standard InChI is InChI=1S/C21H25N5O5S.CH2O2/c1-31-21(28)25-8-3-4-15(12-25)14-5-6-17-18(10-14)24-19(23-17)11-22-20(27)16-7-9-26(13-16)32(2,29)30;2-1-3/h5-7,9-10,13,15H,3-4,8,11-12H2,1-2H3,(H,22,27)(H,23,24);1H,(H,2,3). The van der Waals surface area contributed by atoms with Crippen molar-refractivity contribution in [1.82, 2.24) is 14.2 Å². The monoisotopic (exact) mass is 505 g/mol. The zero-order valence-electron chi connectivity index (χ0n) is 19.3. The first kappa shape index (κ1) is 25.9. The number of rotatable bonds is 5. The summed E-state index contributed by atoms with van der Waals surface area (Å²) in [4.78, 5) is 38.8. The molecule has 2 aromatic rings. The minimum absolute atomic E-state index is 0.229. The summed E-state index contributed by atoms with van der Waals surface area (Å²) in [5.41, 5.74) is 3.23. The molecule has 12 nitrogen and oxygen atoms in total. The van der Waals surface area contributed by atoms with Gasteiger partial charge in [-0.3, -0.25) is 14.1 Å². The molecule has 35 heavy (non-hydrogen) atoms. The first-order chi connectivity index (χ1) is 16.7. The summed E-state index contributed by atoms with van der Waals surface area (Å²) >= 11 is 0. The van der Waals surface area contributed by atoms with Crippen molar-refractivity contribution >= 4 is 45.7 Å². The Morgan fingerprint density at radius 2 is 2.09 bits per heavy atom. The maximum atomic E-state index is 12.4. The third-order valence-corrected chi connectivity index (χ3v) is 6.70. The van der Waals surface area contributed by atoms with Gasteiger partial charge < -0.3 is 24.9 Å². The van der Waals surface area contributed by atoms with Crippen LogP contribution in [0.4, 0.5) is 16.2 Å². The third kappa shape index (κ3) is 6.45. The number of piperidine rings is 1. The van der Waals surface area contributed by atoms with Crippen LogP contribution >= 0.6 is 0 Å². The number of nitrogens with two attached hydrogens (primary N) is 1. The summed E-state index contributed by atoms with van der Waals surface area (Å²) in [7, 11) is -2.03. The summed E-state index contributed by atoms with van der Waals surface area (Å²) in [5, 5.41) is 13.0. The summed E-state index contributed by atoms with van der Waals surface area (Å²) in [6, 6.07) is 7.54. The van der Waals surface area contributed by atoms with E-state index in [1.54, 1.807) is 4.90 Å². The second-order valence-corrected chi connectivity index (χ2v) is 9.98. The van der Waals surface area contributed by atoms with E-state index in [4.69, 9.17) is 14.6 Å². The maximum absolute atomic E-state index is 12.4. The van der Waals surface area contributed by atoms with Crippen molar-refractivity contribution in [2.75, 3.05) is 33.0 Å². The summed E-state index contributed by atoms with van der Waals surface area (Å²) < 4.78 is 29.0. The second-order valence-electron chi connectivity index (χ2n) is 8.09. The fraction of sp³-hybridized carbons (Fsp3) is 0.364. The van der Waals surface area contributed by atoms with Crippen LogP contribution in [0.2, 0.25) is 0 Å². The van der Waals surface area contributed by atoms with Gasteiger partial charge in [0.25, 0.3) is 5.91 Å². The van der Waals surface area contributed by atoms with Crippen LogP contribution in [-0.4, -0.2) is 74.6 Å². The molecule has 1 aromatic carbocycles. The Morgan fingerprint density at radius 3 is 2.74 bits per heavy atom. The summed E-state index contributed by atoms with van der Waals surface area (Å²) in [6.45, 7) is 1.07. The molecule has 1 unspecified atom stereocenters. The fourth-order valence-electron chi connectivity index (χ4n) is 4.04. The highest BCUT2D eigenvalue weighted by molar-refractivity contribution is 7.89. The van der Waals surface area contributed by atoms with Crippen molar-refractivity contribution in [2.24, 2.45) is 4.99 Å². The molecule has 3 N–H and O–H groups in total. The number of methoxy groups -OCH3 is 1. The van der Waals surface area contributed by atoms with Crippen molar-refractivity contribution in [3.05, 3.63) is 47.8 Å². The number of aliphatic imine (C=N–C) groups is 1. The number of nitrogens with zero attached hydrogens (tertiary/aromatic N) is 3. The number of amidine groups is 1. The Kier molecular flexibility index (Phi) is 8.25. The van der Waals surface area contributed by atoms with Gasteiger partial charge in [-0.2, -0.15) is 4.99 Å². The van der Waals surface area contributed by atoms with Crippen molar-refractivity contribution in [2.45, 2.75) is 18.8 Å². The van der Waals surface area contributed by atoms with Crippen molar-refractivity contribution in [3.8, 4) is 0 Å². The summed E-state index contributed by atoms with van der Waals surface area (Å²) in [5.74, 6) is 0.585. The van der Waals surface area contributed by atoms with E-state index < -0.39 is 16.5 Å². The van der Waals surface area contributed by atoms with Gasteiger partial charge in [0.05, 0.1) is 18.9 Å². The molecule has 0 bridgehead atoms. The molecule has 188 valence electrons. The highest BCUT2D eigenvalue weighted by Gasteiger charge is 2.27. The SMILES string of the molecule is COC(=O)N1CCCC(c2ccc3c(c2)[NH2+]C(CNC(=O)c2ccn(S(C)(=O)=O)c2)=N3)C1.O=C[O-]. The Bertz CT molecular complexity index is 1240. The molecule has 1 aromatic heterocycles. The number of carbonyl (C=O) groups is 3. The lowest BCUT2D eigenvalue weighted by Crippen LogP contribution is -2.82. The molecule has 2 aliphatic heterocycles. The largest absolute Gasteiger partial charge is 0.554 e. The average Bonchev–Trinajstić information content (AvgIpc) is 3.49. The Balaban J connectivity index is 0.00000108. The predicted octanol–water partition coefficient (Wildman–Crippen LogP) is -0.724. The van der Waals surface area contributed by atoms with Gasteiger partial charge >= 0.3 is 6.09 Å². The Hall–Kier alpha value is -3.71. The van der Waals surface area contributed by atoms with E-state index in [0.29, 0.717) is 18.9 Å². The highest BCUT2D eigenvalue weighted by Crippen LogP contribution is 2.32. The molecule has 0 radical (unpaired) electrons. The smallest absolute Gasteiger partial charge is 0.409 e. The lowest BCUT2D eigenvalue weighted by Gasteiger charge is -2.31. The lowest BCUT2D eigenvalue weighted by molar-refractivity contribution is -0.440. The number of quaternary nitrogens is 1. The van der Waals surface area contributed by atoms with Crippen molar-refractivity contribution in [3.63, 3.8) is 0 Å². The Labute approximate surface area is 202 Å². The van der Waals surface area contributed by atoms with Crippen LogP contribution in [0.15, 0.2) is 41.7 Å². The number of likely N-dealkylation sites (tertiary alicyclic amines) is 1. The quantitative estimate of drug-likeness (QED) is 0.399. The third-order valence-electron chi connectivity index (χ3n) is 5.71. The number of benzene rings is 1. The van der Waals surface area contributed by atoms with Gasteiger partial charge in [-0.15, -0.1) is 0 Å². The number of carbonyl (C=O) groups excluding carboxylic acids is 3. The van der Waals surface area contributed by atoms with E-state index in [1.807, 2.05) is 17.4 Å². The van der Waals surface area contributed by atoms with Crippen LogP contribution in [0, 0.1) is 0 Å². The van der Waals surface area contributed by atoms with Crippen LogP contribution in [0.25, 0.3) is 0 Å². The minimum Gasteiger partial charge on any atom is -0.554 e. The predicted molar refractivity (Wildman–Crippen MR) is 124 cm³/mol. The first-order valence-electron chi connectivity index (χ1n) is 10.8. The fourth-order valence-corrected chi connectivity index (χ4v) is 4.62. The van der Waals surface area contributed by atoms with Gasteiger partial charge in [0.15, 0.2) is 5.69 Å². The van der Waals surface area contributed by atoms with E-state index in [2.05, 4.69) is 16.4 Å². The van der Waals surface area contributed by atoms with E-state index in [9.17, 15) is 18.0 Å². The molecule has 3 heterocycles. The molecule has 1 fully saturated rings. The summed E-state index contributed by atoms with van der Waals surface area (Å²) in [6.07, 6.45) is 5.33. The maximum Gasteiger partial charge on any atom is 0.409 e. The number of fused-ring (bicyclic) bond motifs is 1. The van der Waals surface area contributed by atoms with Crippen LogP contribution in [0.1, 0.15) is 34.7 Å². The zero-order chi connectivity index (χ0) is 25.6. The Morgan fingerprint density at radius 1 is 1.34 bits per heavy atom. The van der Waals surface area contributed by atoms with Gasteiger partial charge in [0, 0.05) is 43.9 Å². The van der Waals surface area contributed by atoms with Gasteiger partial charge in [0.2, 0.25) is 15.9 Å². The van der Waals surface area contributed by atoms with Crippen LogP contribution in [0.3, 0.4) is 0 Å². The van der Waals surface area contributed by atoms with Crippen molar-refractivity contribution in [1.29, 1.82) is 0 Å². The normalized spacial score (nSPS) is 16.9. The first-order valence-corrected chi connectivity index (χ1v) is 12.6. The number of hydrogen-bond donors (Lipinski definition) is 2. The number of hydrogen-bond acceptors (Lipinski definition) is 8. The number of aromatic nitrogens is 1. The number of nitrogens with one attached hydrogen (secondary N) is 1. The van der Waals surface area contributed by atoms with Crippen molar-refractivity contribution < 1.29 is 38.0 Å². The van der Waals surface area contributed by atoms with E-state index in [-0.39, 0.29) is 30.0 Å². The minimum atomic E-state index is -3.43. The molecule has 1 atom stereocenters. The molecular formula is C22H27N5O7S. The van der Waals surface area contributed by atoms with Crippen LogP contribution in [-0.2, 0) is 19.6 Å². The average molecular weight is 506 g/mol. The molecule has 0 spiro atoms. The molecule has 2 amide bonds. The lowest BCUT2D eigenvalue weighted by atomic mass is 9.90. The molecule has 2 aliphatic rings. The zero-order valence-corrected chi connectivity index (χ0v) is 20.2. The molecule has 0 saturated carbocycles. The van der Waals surface area contributed by atoms with Crippen LogP contribution < -0.4 is 15.7 Å². The topological polar surface area (TPSA) is 167 Å². The second kappa shape index (κ2) is 11.1. The van der Waals surface area contributed by atoms with Gasteiger partial charge in [-0.1, -0.05) is 6.07 Å². The van der Waals surface area contributed by atoms with E-state index >= 15 is 0 Å². The van der Waals surface area contributed by atoms with E-state index in [1.165, 1.54) is 25.6 Å². The molecule has 0 aliphatic carbocycles. The molecule has 1 saturated heterocycles. The van der Waals surface area contributed by atoms with E-state index in [0.717, 1.165) is 40.0 Å². The van der Waals surface area contributed by atoms with Gasteiger partial charge in [-0.05, 0) is 30.5 Å². The molecule has 13 heteroatoms. The number of amides is 2. The highest BCUT2D eigenvalue weighted by atomic mass is 32.2. The number of carboxylic acid groups (broad SMARTS) is 1.